The van der Waals surface area contributed by atoms with Crippen LogP contribution in [0.3, 0.4) is 0 Å². The van der Waals surface area contributed by atoms with E-state index in [-0.39, 0.29) is 11.9 Å². The zero-order chi connectivity index (χ0) is 29.4. The van der Waals surface area contributed by atoms with Crippen molar-refractivity contribution in [2.45, 2.75) is 143 Å². The van der Waals surface area contributed by atoms with Crippen LogP contribution in [-0.2, 0) is 23.2 Å². The summed E-state index contributed by atoms with van der Waals surface area (Å²) in [7, 11) is 1.94. The van der Waals surface area contributed by atoms with E-state index in [9.17, 15) is 9.59 Å². The number of nitrogens with zero attached hydrogens (tertiary/aromatic N) is 1. The maximum Gasteiger partial charge on any atom is 0.335 e. The highest BCUT2D eigenvalue weighted by molar-refractivity contribution is 6.66. The predicted molar refractivity (Wildman–Crippen MR) is 165 cm³/mol. The molecular weight excluding hydrogens is 508 g/mol. The van der Waals surface area contributed by atoms with E-state index in [1.165, 1.54) is 77.0 Å². The molecule has 0 rings (SSSR count). The molecule has 0 unspecified atom stereocenters. The summed E-state index contributed by atoms with van der Waals surface area (Å²) in [5.74, 6) is -0.478. The molecule has 0 radical (unpaired) electrons. The third kappa shape index (κ3) is 22.4. The Morgan fingerprint density at radius 1 is 0.744 bits per heavy atom. The number of hydrogen-bond donors (Lipinski definition) is 1. The molecule has 1 atom stereocenters. The molecule has 0 bridgehead atoms. The largest absolute Gasteiger partial charge is 0.464 e. The summed E-state index contributed by atoms with van der Waals surface area (Å²) in [5.41, 5.74) is 0. The molecule has 232 valence electrons. The summed E-state index contributed by atoms with van der Waals surface area (Å²) < 4.78 is 17.8. The van der Waals surface area contributed by atoms with E-state index in [0.717, 1.165) is 31.9 Å². The number of nitrogens with one attached hydrogen (secondary N) is 1. The monoisotopic (exact) mass is 573 g/mol. The first-order valence-corrected chi connectivity index (χ1v) is 18.7. The van der Waals surface area contributed by atoms with Gasteiger partial charge in [-0.25, -0.2) is 4.79 Å². The van der Waals surface area contributed by atoms with Crippen molar-refractivity contribution in [3.8, 4) is 0 Å². The first-order chi connectivity index (χ1) is 18.6. The summed E-state index contributed by atoms with van der Waals surface area (Å²) in [4.78, 5) is 24.9. The lowest BCUT2D eigenvalue weighted by Gasteiger charge is -2.31. The van der Waals surface area contributed by atoms with Gasteiger partial charge in [-0.2, -0.15) is 0 Å². The van der Waals surface area contributed by atoms with Gasteiger partial charge in [0.1, 0.15) is 6.04 Å². The second kappa shape index (κ2) is 23.7. The minimum atomic E-state index is -2.14. The van der Waals surface area contributed by atoms with E-state index in [1.54, 1.807) is 6.92 Å². The van der Waals surface area contributed by atoms with Gasteiger partial charge in [0.25, 0.3) is 5.91 Å². The van der Waals surface area contributed by atoms with Crippen LogP contribution in [0.2, 0.25) is 12.6 Å². The van der Waals surface area contributed by atoms with Crippen molar-refractivity contribution in [1.82, 2.24) is 5.32 Å². The van der Waals surface area contributed by atoms with Gasteiger partial charge in [-0.15, -0.1) is 0 Å². The topological polar surface area (TPSA) is 73.9 Å². The second-order valence-corrected chi connectivity index (χ2v) is 15.3. The van der Waals surface area contributed by atoms with Crippen molar-refractivity contribution in [2.24, 2.45) is 0 Å². The van der Waals surface area contributed by atoms with Crippen molar-refractivity contribution in [3.05, 3.63) is 0 Å². The highest BCUT2D eigenvalue weighted by Gasteiger charge is 2.32. The summed E-state index contributed by atoms with van der Waals surface area (Å²) in [5, 5.41) is 2.82. The summed E-state index contributed by atoms with van der Waals surface area (Å²) in [6, 6.07) is 0.274. The van der Waals surface area contributed by atoms with Gasteiger partial charge in [-0.3, -0.25) is 4.79 Å². The summed E-state index contributed by atoms with van der Waals surface area (Å²) in [6.07, 6.45) is 19.1. The molecule has 0 aromatic heterocycles. The van der Waals surface area contributed by atoms with Crippen LogP contribution in [0.5, 0.6) is 0 Å². The molecule has 0 aliphatic rings. The molecule has 1 N–H and O–H groups in total. The number of carbonyl (C=O) groups excluding carboxylic acids is 2. The number of esters is 1. The van der Waals surface area contributed by atoms with Gasteiger partial charge in [-0.1, -0.05) is 90.4 Å². The molecular formula is C31H65N2O5Si+. The number of quaternary nitrogens is 1. The van der Waals surface area contributed by atoms with Gasteiger partial charge in [0, 0.05) is 13.2 Å². The third-order valence-electron chi connectivity index (χ3n) is 7.34. The number of ether oxygens (including phenoxy) is 1. The number of likely N-dealkylation sites (N-methyl/N-ethyl adjacent to an activating group) is 1. The average molecular weight is 574 g/mol. The van der Waals surface area contributed by atoms with Gasteiger partial charge >= 0.3 is 14.5 Å². The van der Waals surface area contributed by atoms with E-state index in [1.807, 2.05) is 27.9 Å². The Morgan fingerprint density at radius 2 is 1.21 bits per heavy atom. The molecule has 0 fully saturated rings. The Hall–Kier alpha value is -0.963. The Kier molecular flexibility index (Phi) is 23.1. The van der Waals surface area contributed by atoms with E-state index in [4.69, 9.17) is 13.6 Å². The Labute approximate surface area is 242 Å². The zero-order valence-corrected chi connectivity index (χ0v) is 27.9. The van der Waals surface area contributed by atoms with E-state index < -0.39 is 14.6 Å². The number of carbonyl (C=O) groups is 2. The average Bonchev–Trinajstić information content (AvgIpc) is 2.85. The lowest BCUT2D eigenvalue weighted by Crippen LogP contribution is -2.51. The van der Waals surface area contributed by atoms with Crippen LogP contribution in [0.1, 0.15) is 124 Å². The van der Waals surface area contributed by atoms with Crippen molar-refractivity contribution >= 4 is 20.4 Å². The predicted octanol–water partition coefficient (Wildman–Crippen LogP) is 7.13. The van der Waals surface area contributed by atoms with Crippen molar-refractivity contribution in [3.63, 3.8) is 0 Å². The minimum Gasteiger partial charge on any atom is -0.464 e. The molecule has 0 aliphatic carbocycles. The number of amides is 1. The summed E-state index contributed by atoms with van der Waals surface area (Å²) in [6.45, 7) is 13.0. The standard InChI is InChI=1S/C31H64N2O5Si/c1-8-11-12-13-14-15-16-17-18-19-20-21-22-23-26-36-31(35)29(4)32-30(34)28-33(5,6)25-24-27-39(7,37-9-2)38-10-3/h29H,8-28H2,1-7H3/p+1/t29-/m0/s1. The van der Waals surface area contributed by atoms with Gasteiger partial charge in [0.15, 0.2) is 6.54 Å². The molecule has 0 spiro atoms. The lowest BCUT2D eigenvalue weighted by molar-refractivity contribution is -0.882. The van der Waals surface area contributed by atoms with Crippen LogP contribution in [0.25, 0.3) is 0 Å². The van der Waals surface area contributed by atoms with Crippen LogP contribution < -0.4 is 5.32 Å². The van der Waals surface area contributed by atoms with E-state index >= 15 is 0 Å². The normalized spacial score (nSPS) is 12.9. The van der Waals surface area contributed by atoms with Gasteiger partial charge < -0.3 is 23.4 Å². The number of hydrogen-bond acceptors (Lipinski definition) is 5. The highest BCUT2D eigenvalue weighted by atomic mass is 28.4. The lowest BCUT2D eigenvalue weighted by atomic mass is 10.0. The zero-order valence-electron chi connectivity index (χ0n) is 26.9. The van der Waals surface area contributed by atoms with Crippen LogP contribution in [0.4, 0.5) is 0 Å². The smallest absolute Gasteiger partial charge is 0.335 e. The highest BCUT2D eigenvalue weighted by Crippen LogP contribution is 2.17. The van der Waals surface area contributed by atoms with E-state index in [2.05, 4.69) is 18.8 Å². The van der Waals surface area contributed by atoms with Gasteiger partial charge in [0.2, 0.25) is 0 Å². The minimum absolute atomic E-state index is 0.129. The molecule has 7 nitrogen and oxygen atoms in total. The molecule has 0 saturated carbocycles. The molecule has 0 aromatic carbocycles. The van der Waals surface area contributed by atoms with Crippen molar-refractivity contribution in [2.75, 3.05) is 47.0 Å². The maximum absolute atomic E-state index is 12.6. The SMILES string of the molecule is CCCCCCCCCCCCCCCCOC(=O)[C@H](C)NC(=O)C[N+](C)(C)CCC[Si](C)(OCC)OCC. The second-order valence-electron chi connectivity index (χ2n) is 12.0. The molecule has 8 heteroatoms. The fourth-order valence-electron chi connectivity index (χ4n) is 5.03. The summed E-state index contributed by atoms with van der Waals surface area (Å²) >= 11 is 0. The third-order valence-corrected chi connectivity index (χ3v) is 10.4. The molecule has 1 amide bonds. The Balaban J connectivity index is 3.88. The quantitative estimate of drug-likeness (QED) is 0.0490. The maximum atomic E-state index is 12.6. The van der Waals surface area contributed by atoms with Crippen LogP contribution in [-0.4, -0.2) is 78.0 Å². The Bertz CT molecular complexity index is 612. The first kappa shape index (κ1) is 38.0. The Morgan fingerprint density at radius 3 is 1.67 bits per heavy atom. The fourth-order valence-corrected chi connectivity index (χ4v) is 7.43. The number of rotatable bonds is 27. The fraction of sp³-hybridized carbons (Fsp3) is 0.935. The molecule has 0 saturated heterocycles. The van der Waals surface area contributed by atoms with Crippen LogP contribution >= 0.6 is 0 Å². The van der Waals surface area contributed by atoms with Crippen LogP contribution in [0, 0.1) is 0 Å². The van der Waals surface area contributed by atoms with Crippen molar-refractivity contribution in [1.29, 1.82) is 0 Å². The first-order valence-electron chi connectivity index (χ1n) is 16.1. The molecule has 0 aliphatic heterocycles. The van der Waals surface area contributed by atoms with E-state index in [0.29, 0.717) is 30.8 Å². The van der Waals surface area contributed by atoms with Gasteiger partial charge in [0.05, 0.1) is 27.2 Å². The number of unbranched alkanes of at least 4 members (excludes halogenated alkanes) is 13. The van der Waals surface area contributed by atoms with Crippen molar-refractivity contribution < 1.29 is 27.7 Å². The van der Waals surface area contributed by atoms with Crippen LogP contribution in [0.15, 0.2) is 0 Å². The van der Waals surface area contributed by atoms with Gasteiger partial charge in [-0.05, 0) is 46.2 Å². The molecule has 39 heavy (non-hydrogen) atoms. The molecule has 0 heterocycles. The molecule has 0 aromatic rings.